The Bertz CT molecular complexity index is 744. The van der Waals surface area contributed by atoms with Crippen molar-refractivity contribution in [3.63, 3.8) is 0 Å². The molecule has 2 aromatic carbocycles. The van der Waals surface area contributed by atoms with Gasteiger partial charge in [-0.1, -0.05) is 18.2 Å². The quantitative estimate of drug-likeness (QED) is 0.516. The molecule has 0 saturated carbocycles. The van der Waals surface area contributed by atoms with E-state index in [1.807, 2.05) is 24.3 Å². The Morgan fingerprint density at radius 3 is 2.74 bits per heavy atom. The third-order valence-corrected chi connectivity index (χ3v) is 2.95. The van der Waals surface area contributed by atoms with E-state index in [1.165, 1.54) is 6.07 Å². The van der Waals surface area contributed by atoms with Gasteiger partial charge >= 0.3 is 0 Å². The number of para-hydroxylation sites is 2. The van der Waals surface area contributed by atoms with Crippen LogP contribution in [-0.4, -0.2) is 9.91 Å². The standard InChI is InChI=1S/C14H10N2O3/c1-9-6-7-10(8-12(9)16(17)18)14-15-11-4-2-3-5-13(11)19-14/h2-8H,1H3. The molecular weight excluding hydrogens is 244 g/mol. The van der Waals surface area contributed by atoms with Crippen LogP contribution in [0, 0.1) is 17.0 Å². The van der Waals surface area contributed by atoms with Gasteiger partial charge in [0, 0.05) is 17.2 Å². The van der Waals surface area contributed by atoms with E-state index in [4.69, 9.17) is 4.42 Å². The molecule has 0 amide bonds. The number of nitrogens with zero attached hydrogens (tertiary/aromatic N) is 2. The normalized spacial score (nSPS) is 10.8. The van der Waals surface area contributed by atoms with E-state index < -0.39 is 4.92 Å². The molecule has 3 rings (SSSR count). The smallest absolute Gasteiger partial charge is 0.273 e. The second-order valence-electron chi connectivity index (χ2n) is 4.25. The molecule has 94 valence electrons. The molecule has 0 unspecified atom stereocenters. The lowest BCUT2D eigenvalue weighted by molar-refractivity contribution is -0.385. The first kappa shape index (κ1) is 11.4. The zero-order valence-electron chi connectivity index (χ0n) is 10.2. The summed E-state index contributed by atoms with van der Waals surface area (Å²) in [5, 5.41) is 10.9. The van der Waals surface area contributed by atoms with Gasteiger partial charge in [-0.15, -0.1) is 0 Å². The van der Waals surface area contributed by atoms with Gasteiger partial charge in [-0.05, 0) is 25.1 Å². The Kier molecular flexibility index (Phi) is 2.52. The van der Waals surface area contributed by atoms with Gasteiger partial charge < -0.3 is 4.42 Å². The lowest BCUT2D eigenvalue weighted by Crippen LogP contribution is -1.92. The molecule has 1 heterocycles. The zero-order chi connectivity index (χ0) is 13.4. The maximum absolute atomic E-state index is 10.9. The van der Waals surface area contributed by atoms with Crippen LogP contribution in [0.25, 0.3) is 22.6 Å². The van der Waals surface area contributed by atoms with Crippen molar-refractivity contribution in [1.29, 1.82) is 0 Å². The number of nitro groups is 1. The second-order valence-corrected chi connectivity index (χ2v) is 4.25. The Labute approximate surface area is 108 Å². The summed E-state index contributed by atoms with van der Waals surface area (Å²) in [6.45, 7) is 1.70. The summed E-state index contributed by atoms with van der Waals surface area (Å²) in [4.78, 5) is 14.9. The highest BCUT2D eigenvalue weighted by atomic mass is 16.6. The highest BCUT2D eigenvalue weighted by Gasteiger charge is 2.15. The number of nitro benzene ring substituents is 1. The van der Waals surface area contributed by atoms with Crippen LogP contribution in [0.2, 0.25) is 0 Å². The third kappa shape index (κ3) is 1.95. The fourth-order valence-electron chi connectivity index (χ4n) is 1.93. The number of hydrogen-bond acceptors (Lipinski definition) is 4. The van der Waals surface area contributed by atoms with E-state index in [-0.39, 0.29) is 5.69 Å². The van der Waals surface area contributed by atoms with Crippen LogP contribution in [-0.2, 0) is 0 Å². The molecule has 0 bridgehead atoms. The second kappa shape index (κ2) is 4.20. The molecule has 0 radical (unpaired) electrons. The van der Waals surface area contributed by atoms with Gasteiger partial charge in [-0.2, -0.15) is 0 Å². The van der Waals surface area contributed by atoms with Crippen LogP contribution in [0.15, 0.2) is 46.9 Å². The predicted octanol–water partition coefficient (Wildman–Crippen LogP) is 3.71. The maximum atomic E-state index is 10.9. The Morgan fingerprint density at radius 1 is 1.21 bits per heavy atom. The summed E-state index contributed by atoms with van der Waals surface area (Å²) >= 11 is 0. The number of aryl methyl sites for hydroxylation is 1. The highest BCUT2D eigenvalue weighted by molar-refractivity contribution is 5.76. The molecule has 0 fully saturated rings. The van der Waals surface area contributed by atoms with E-state index in [1.54, 1.807) is 19.1 Å². The van der Waals surface area contributed by atoms with Gasteiger partial charge in [-0.25, -0.2) is 4.98 Å². The minimum absolute atomic E-state index is 0.0692. The van der Waals surface area contributed by atoms with Crippen molar-refractivity contribution in [3.05, 3.63) is 58.1 Å². The van der Waals surface area contributed by atoms with Crippen LogP contribution in [0.4, 0.5) is 5.69 Å². The zero-order valence-corrected chi connectivity index (χ0v) is 10.2. The van der Waals surface area contributed by atoms with Crippen molar-refractivity contribution in [1.82, 2.24) is 4.98 Å². The van der Waals surface area contributed by atoms with Crippen LogP contribution in [0.3, 0.4) is 0 Å². The summed E-state index contributed by atoms with van der Waals surface area (Å²) in [5.74, 6) is 0.393. The van der Waals surface area contributed by atoms with Gasteiger partial charge in [0.15, 0.2) is 5.58 Å². The molecular formula is C14H10N2O3. The number of aromatic nitrogens is 1. The molecule has 1 aromatic heterocycles. The largest absolute Gasteiger partial charge is 0.436 e. The molecule has 0 N–H and O–H groups in total. The Balaban J connectivity index is 2.16. The monoisotopic (exact) mass is 254 g/mol. The average Bonchev–Trinajstić information content (AvgIpc) is 2.82. The van der Waals surface area contributed by atoms with E-state index in [2.05, 4.69) is 4.98 Å². The summed E-state index contributed by atoms with van der Waals surface area (Å²) in [6.07, 6.45) is 0. The Hall–Kier alpha value is -2.69. The minimum Gasteiger partial charge on any atom is -0.436 e. The third-order valence-electron chi connectivity index (χ3n) is 2.95. The molecule has 0 aliphatic carbocycles. The first-order valence-electron chi connectivity index (χ1n) is 5.76. The number of rotatable bonds is 2. The van der Waals surface area contributed by atoms with Gasteiger partial charge in [-0.3, -0.25) is 10.1 Å². The van der Waals surface area contributed by atoms with Gasteiger partial charge in [0.2, 0.25) is 5.89 Å². The van der Waals surface area contributed by atoms with Crippen LogP contribution < -0.4 is 0 Å². The summed E-state index contributed by atoms with van der Waals surface area (Å²) in [7, 11) is 0. The van der Waals surface area contributed by atoms with Crippen molar-refractivity contribution in [3.8, 4) is 11.5 Å². The molecule has 5 nitrogen and oxygen atoms in total. The fraction of sp³-hybridized carbons (Fsp3) is 0.0714. The highest BCUT2D eigenvalue weighted by Crippen LogP contribution is 2.28. The minimum atomic E-state index is -0.401. The van der Waals surface area contributed by atoms with Crippen molar-refractivity contribution >= 4 is 16.8 Å². The van der Waals surface area contributed by atoms with Crippen LogP contribution >= 0.6 is 0 Å². The number of benzene rings is 2. The van der Waals surface area contributed by atoms with E-state index in [0.29, 0.717) is 22.6 Å². The number of fused-ring (bicyclic) bond motifs is 1. The summed E-state index contributed by atoms with van der Waals surface area (Å²) < 4.78 is 5.59. The van der Waals surface area contributed by atoms with Crippen LogP contribution in [0.1, 0.15) is 5.56 Å². The van der Waals surface area contributed by atoms with Crippen LogP contribution in [0.5, 0.6) is 0 Å². The van der Waals surface area contributed by atoms with Crippen molar-refractivity contribution < 1.29 is 9.34 Å². The first-order chi connectivity index (χ1) is 9.15. The average molecular weight is 254 g/mol. The molecule has 0 aliphatic heterocycles. The van der Waals surface area contributed by atoms with Gasteiger partial charge in [0.05, 0.1) is 4.92 Å². The topological polar surface area (TPSA) is 69.2 Å². The van der Waals surface area contributed by atoms with E-state index >= 15 is 0 Å². The molecule has 0 saturated heterocycles. The molecule has 19 heavy (non-hydrogen) atoms. The fourth-order valence-corrected chi connectivity index (χ4v) is 1.93. The number of hydrogen-bond donors (Lipinski definition) is 0. The molecule has 0 aliphatic rings. The predicted molar refractivity (Wildman–Crippen MR) is 70.8 cm³/mol. The Morgan fingerprint density at radius 2 is 2.00 bits per heavy atom. The molecule has 0 spiro atoms. The van der Waals surface area contributed by atoms with E-state index in [9.17, 15) is 10.1 Å². The lowest BCUT2D eigenvalue weighted by atomic mass is 10.1. The van der Waals surface area contributed by atoms with Gasteiger partial charge in [0.1, 0.15) is 5.52 Å². The summed E-state index contributed by atoms with van der Waals surface area (Å²) in [5.41, 5.74) is 2.69. The van der Waals surface area contributed by atoms with Gasteiger partial charge in [0.25, 0.3) is 5.69 Å². The number of oxazole rings is 1. The molecule has 3 aromatic rings. The summed E-state index contributed by atoms with van der Waals surface area (Å²) in [6, 6.07) is 12.3. The molecule has 0 atom stereocenters. The van der Waals surface area contributed by atoms with Crippen molar-refractivity contribution in [2.24, 2.45) is 0 Å². The van der Waals surface area contributed by atoms with E-state index in [0.717, 1.165) is 5.52 Å². The van der Waals surface area contributed by atoms with Crippen molar-refractivity contribution in [2.45, 2.75) is 6.92 Å². The first-order valence-corrected chi connectivity index (χ1v) is 5.76. The maximum Gasteiger partial charge on any atom is 0.273 e. The van der Waals surface area contributed by atoms with Crippen molar-refractivity contribution in [2.75, 3.05) is 0 Å². The molecule has 5 heteroatoms. The lowest BCUT2D eigenvalue weighted by Gasteiger charge is -1.99. The SMILES string of the molecule is Cc1ccc(-c2nc3ccccc3o2)cc1[N+](=O)[O-].